The first-order chi connectivity index (χ1) is 13.4. The lowest BCUT2D eigenvalue weighted by Crippen LogP contribution is -2.22. The summed E-state index contributed by atoms with van der Waals surface area (Å²) in [6.45, 7) is -0.168. The molecule has 28 heavy (non-hydrogen) atoms. The molecule has 0 unspecified atom stereocenters. The smallest absolute Gasteiger partial charge is 0.338 e. The SMILES string of the molecule is COc1cc(C(=O)OCC(=O)Nc2ccc(F)c(F)c2F)cc2c1OCCO2. The Morgan fingerprint density at radius 3 is 2.61 bits per heavy atom. The minimum Gasteiger partial charge on any atom is -0.493 e. The van der Waals surface area contributed by atoms with Crippen molar-refractivity contribution in [3.8, 4) is 17.2 Å². The maximum atomic E-state index is 13.6. The van der Waals surface area contributed by atoms with Crippen LogP contribution in [0.3, 0.4) is 0 Å². The van der Waals surface area contributed by atoms with Crippen LogP contribution in [-0.4, -0.2) is 38.8 Å². The van der Waals surface area contributed by atoms with E-state index < -0.39 is 41.6 Å². The molecule has 148 valence electrons. The summed E-state index contributed by atoms with van der Waals surface area (Å²) in [5.41, 5.74) is -0.547. The van der Waals surface area contributed by atoms with Gasteiger partial charge in [0.05, 0.1) is 18.4 Å². The number of ether oxygens (including phenoxy) is 4. The van der Waals surface area contributed by atoms with Gasteiger partial charge in [0.2, 0.25) is 5.75 Å². The fraction of sp³-hybridized carbons (Fsp3) is 0.222. The van der Waals surface area contributed by atoms with Gasteiger partial charge in [0, 0.05) is 0 Å². The molecular formula is C18H14F3NO6. The van der Waals surface area contributed by atoms with E-state index >= 15 is 0 Å². The van der Waals surface area contributed by atoms with Gasteiger partial charge in [0.1, 0.15) is 13.2 Å². The molecule has 0 saturated heterocycles. The second-order valence-electron chi connectivity index (χ2n) is 5.55. The van der Waals surface area contributed by atoms with Crippen LogP contribution in [0.4, 0.5) is 18.9 Å². The summed E-state index contributed by atoms with van der Waals surface area (Å²) in [6.07, 6.45) is 0. The van der Waals surface area contributed by atoms with Crippen LogP contribution in [0.2, 0.25) is 0 Å². The Kier molecular flexibility index (Phi) is 5.57. The number of amides is 1. The Hall–Kier alpha value is -3.43. The Balaban J connectivity index is 1.66. The molecule has 1 aliphatic heterocycles. The molecule has 7 nitrogen and oxygen atoms in total. The summed E-state index contributed by atoms with van der Waals surface area (Å²) in [5.74, 6) is -5.62. The highest BCUT2D eigenvalue weighted by atomic mass is 19.2. The zero-order valence-electron chi connectivity index (χ0n) is 14.5. The van der Waals surface area contributed by atoms with Crippen LogP contribution < -0.4 is 19.5 Å². The monoisotopic (exact) mass is 397 g/mol. The third kappa shape index (κ3) is 3.95. The van der Waals surface area contributed by atoms with E-state index in [-0.39, 0.29) is 23.7 Å². The third-order valence-electron chi connectivity index (χ3n) is 3.71. The van der Waals surface area contributed by atoms with E-state index in [0.29, 0.717) is 18.4 Å². The summed E-state index contributed by atoms with van der Waals surface area (Å²) in [7, 11) is 1.38. The normalized spacial score (nSPS) is 12.3. The summed E-state index contributed by atoms with van der Waals surface area (Å²) in [5, 5.41) is 1.99. The molecule has 0 aromatic heterocycles. The van der Waals surface area contributed by atoms with Crippen LogP contribution in [0.5, 0.6) is 17.2 Å². The van der Waals surface area contributed by atoms with Crippen LogP contribution in [0, 0.1) is 17.5 Å². The number of anilines is 1. The molecule has 10 heteroatoms. The van der Waals surface area contributed by atoms with Gasteiger partial charge < -0.3 is 24.3 Å². The van der Waals surface area contributed by atoms with Gasteiger partial charge in [-0.05, 0) is 24.3 Å². The number of nitrogens with one attached hydrogen (secondary N) is 1. The number of methoxy groups -OCH3 is 1. The number of hydrogen-bond donors (Lipinski definition) is 1. The first-order valence-corrected chi connectivity index (χ1v) is 7.98. The van der Waals surface area contributed by atoms with E-state index in [1.807, 2.05) is 5.32 Å². The van der Waals surface area contributed by atoms with E-state index in [4.69, 9.17) is 18.9 Å². The molecule has 0 aliphatic carbocycles. The second kappa shape index (κ2) is 8.07. The Morgan fingerprint density at radius 1 is 1.11 bits per heavy atom. The number of rotatable bonds is 5. The number of carbonyl (C=O) groups excluding carboxylic acids is 2. The fourth-order valence-corrected chi connectivity index (χ4v) is 2.41. The number of benzene rings is 2. The number of carbonyl (C=O) groups is 2. The quantitative estimate of drug-likeness (QED) is 0.617. The van der Waals surface area contributed by atoms with Gasteiger partial charge in [-0.25, -0.2) is 18.0 Å². The van der Waals surface area contributed by atoms with E-state index in [1.54, 1.807) is 0 Å². The summed E-state index contributed by atoms with van der Waals surface area (Å²) < 4.78 is 60.4. The molecule has 3 rings (SSSR count). The van der Waals surface area contributed by atoms with Crippen molar-refractivity contribution in [1.29, 1.82) is 0 Å². The first-order valence-electron chi connectivity index (χ1n) is 7.98. The third-order valence-corrected chi connectivity index (χ3v) is 3.71. The lowest BCUT2D eigenvalue weighted by atomic mass is 10.1. The van der Waals surface area contributed by atoms with Gasteiger partial charge in [-0.1, -0.05) is 0 Å². The van der Waals surface area contributed by atoms with Gasteiger partial charge in [-0.2, -0.15) is 0 Å². The van der Waals surface area contributed by atoms with Crippen LogP contribution >= 0.6 is 0 Å². The summed E-state index contributed by atoms with van der Waals surface area (Å²) in [4.78, 5) is 24.0. The van der Waals surface area contributed by atoms with Crippen molar-refractivity contribution in [1.82, 2.24) is 0 Å². The molecule has 2 aromatic rings. The molecule has 0 spiro atoms. The number of esters is 1. The minimum atomic E-state index is -1.72. The van der Waals surface area contributed by atoms with Crippen molar-refractivity contribution >= 4 is 17.6 Å². The van der Waals surface area contributed by atoms with Gasteiger partial charge in [0.25, 0.3) is 5.91 Å². The predicted octanol–water partition coefficient (Wildman–Crippen LogP) is 2.68. The molecule has 0 saturated carbocycles. The maximum Gasteiger partial charge on any atom is 0.338 e. The standard InChI is InChI=1S/C18H14F3NO6/c1-25-12-6-9(7-13-17(12)27-5-4-26-13)18(24)28-8-14(23)22-11-3-2-10(19)15(20)16(11)21/h2-3,6-7H,4-5,8H2,1H3,(H,22,23). The molecule has 2 aromatic carbocycles. The molecule has 1 heterocycles. The Bertz CT molecular complexity index is 917. The lowest BCUT2D eigenvalue weighted by Gasteiger charge is -2.21. The van der Waals surface area contributed by atoms with Crippen molar-refractivity contribution in [3.05, 3.63) is 47.3 Å². The average molecular weight is 397 g/mol. The van der Waals surface area contributed by atoms with Crippen molar-refractivity contribution in [2.75, 3.05) is 32.2 Å². The summed E-state index contributed by atoms with van der Waals surface area (Å²) in [6, 6.07) is 4.22. The minimum absolute atomic E-state index is 0.0351. The summed E-state index contributed by atoms with van der Waals surface area (Å²) >= 11 is 0. The van der Waals surface area contributed by atoms with E-state index in [1.165, 1.54) is 19.2 Å². The lowest BCUT2D eigenvalue weighted by molar-refractivity contribution is -0.119. The molecule has 1 aliphatic rings. The van der Waals surface area contributed by atoms with E-state index in [0.717, 1.165) is 6.07 Å². The molecular weight excluding hydrogens is 383 g/mol. The molecule has 0 radical (unpaired) electrons. The van der Waals surface area contributed by atoms with Crippen LogP contribution in [-0.2, 0) is 9.53 Å². The molecule has 1 amide bonds. The van der Waals surface area contributed by atoms with Crippen molar-refractivity contribution in [3.63, 3.8) is 0 Å². The number of hydrogen-bond acceptors (Lipinski definition) is 6. The van der Waals surface area contributed by atoms with Gasteiger partial charge in [-0.3, -0.25) is 4.79 Å². The number of halogens is 3. The van der Waals surface area contributed by atoms with Crippen molar-refractivity contribution in [2.45, 2.75) is 0 Å². The fourth-order valence-electron chi connectivity index (χ4n) is 2.41. The predicted molar refractivity (Wildman–Crippen MR) is 89.2 cm³/mol. The highest BCUT2D eigenvalue weighted by Gasteiger charge is 2.22. The molecule has 0 fully saturated rings. The van der Waals surface area contributed by atoms with Gasteiger partial charge >= 0.3 is 5.97 Å². The van der Waals surface area contributed by atoms with Gasteiger partial charge in [-0.15, -0.1) is 0 Å². The Morgan fingerprint density at radius 2 is 1.86 bits per heavy atom. The van der Waals surface area contributed by atoms with Crippen molar-refractivity contribution < 1.29 is 41.7 Å². The van der Waals surface area contributed by atoms with Crippen LogP contribution in [0.1, 0.15) is 10.4 Å². The van der Waals surface area contributed by atoms with Crippen LogP contribution in [0.25, 0.3) is 0 Å². The van der Waals surface area contributed by atoms with E-state index in [2.05, 4.69) is 0 Å². The number of fused-ring (bicyclic) bond motifs is 1. The first kappa shape index (κ1) is 19.3. The largest absolute Gasteiger partial charge is 0.493 e. The zero-order chi connectivity index (χ0) is 20.3. The molecule has 1 N–H and O–H groups in total. The zero-order valence-corrected chi connectivity index (χ0v) is 14.5. The van der Waals surface area contributed by atoms with E-state index in [9.17, 15) is 22.8 Å². The Labute approximate surface area is 156 Å². The second-order valence-corrected chi connectivity index (χ2v) is 5.55. The average Bonchev–Trinajstić information content (AvgIpc) is 2.71. The van der Waals surface area contributed by atoms with Crippen LogP contribution in [0.15, 0.2) is 24.3 Å². The van der Waals surface area contributed by atoms with Crippen molar-refractivity contribution in [2.24, 2.45) is 0 Å². The molecule has 0 atom stereocenters. The highest BCUT2D eigenvalue weighted by Crippen LogP contribution is 2.40. The van der Waals surface area contributed by atoms with Gasteiger partial charge in [0.15, 0.2) is 35.6 Å². The maximum absolute atomic E-state index is 13.6. The molecule has 0 bridgehead atoms. The highest BCUT2D eigenvalue weighted by molar-refractivity contribution is 5.96. The topological polar surface area (TPSA) is 83.1 Å².